The zero-order valence-corrected chi connectivity index (χ0v) is 14.7. The number of fused-ring (bicyclic) bond motifs is 1. The molecule has 1 atom stereocenters. The second-order valence-electron chi connectivity index (χ2n) is 7.15. The van der Waals surface area contributed by atoms with E-state index in [9.17, 15) is 22.7 Å². The fourth-order valence-corrected chi connectivity index (χ4v) is 2.79. The number of nitrogens with zero attached hydrogens (tertiary/aromatic N) is 4. The Bertz CT molecular complexity index is 978. The Labute approximate surface area is 151 Å². The number of anilines is 1. The molecule has 0 aliphatic heterocycles. The summed E-state index contributed by atoms with van der Waals surface area (Å²) in [6.07, 6.45) is -3.52. The van der Waals surface area contributed by atoms with Gasteiger partial charge in [0.05, 0.1) is 11.6 Å². The number of hydrogen-bond acceptors (Lipinski definition) is 5. The van der Waals surface area contributed by atoms with Gasteiger partial charge in [-0.3, -0.25) is 0 Å². The van der Waals surface area contributed by atoms with Crippen LogP contribution in [0.1, 0.15) is 37.9 Å². The molecule has 3 aromatic rings. The summed E-state index contributed by atoms with van der Waals surface area (Å²) in [5.74, 6) is -1.19. The molecule has 27 heavy (non-hydrogen) atoms. The second-order valence-corrected chi connectivity index (χ2v) is 7.15. The largest absolute Gasteiger partial charge is 0.493 e. The van der Waals surface area contributed by atoms with E-state index in [1.165, 1.54) is 23.0 Å². The molecule has 0 radical (unpaired) electrons. The van der Waals surface area contributed by atoms with Gasteiger partial charge in [0.25, 0.3) is 5.78 Å². The summed E-state index contributed by atoms with van der Waals surface area (Å²) in [7, 11) is 0. The third-order valence-electron chi connectivity index (χ3n) is 4.03. The maximum absolute atomic E-state index is 14.1. The van der Waals surface area contributed by atoms with Crippen molar-refractivity contribution in [1.29, 1.82) is 0 Å². The highest BCUT2D eigenvalue weighted by Gasteiger charge is 2.35. The fraction of sp³-hybridized carbons (Fsp3) is 0.353. The monoisotopic (exact) mass is 383 g/mol. The van der Waals surface area contributed by atoms with E-state index in [-0.39, 0.29) is 11.7 Å². The summed E-state index contributed by atoms with van der Waals surface area (Å²) in [6, 6.07) is 3.53. The summed E-state index contributed by atoms with van der Waals surface area (Å²) >= 11 is 0. The van der Waals surface area contributed by atoms with Crippen LogP contribution in [0.2, 0.25) is 0 Å². The van der Waals surface area contributed by atoms with Gasteiger partial charge in [-0.05, 0) is 23.1 Å². The minimum absolute atomic E-state index is 0.142. The molecule has 0 aliphatic rings. The molecule has 0 spiro atoms. The quantitative estimate of drug-likeness (QED) is 0.664. The Balaban J connectivity index is 2.05. The summed E-state index contributed by atoms with van der Waals surface area (Å²) in [4.78, 5) is 7.70. The standard InChI is InChI=1S/C17H17F4N5O/c1-16(2,3)14(9-4-5-10(11(18)6-9)17(19,20)21)24-12-7-13(27)25-15-22-8-23-26(12)15/h4-8,14,24H,1-3H3,(H,22,23,25,27)/t14-/m0/s1. The first-order valence-electron chi connectivity index (χ1n) is 8.00. The number of aromatic hydroxyl groups is 1. The average molecular weight is 383 g/mol. The van der Waals surface area contributed by atoms with Crippen molar-refractivity contribution >= 4 is 11.6 Å². The molecule has 10 heteroatoms. The second kappa shape index (κ2) is 6.36. The lowest BCUT2D eigenvalue weighted by Crippen LogP contribution is -2.27. The molecule has 2 aromatic heterocycles. The van der Waals surface area contributed by atoms with Gasteiger partial charge in [0, 0.05) is 6.07 Å². The van der Waals surface area contributed by atoms with E-state index in [0.717, 1.165) is 12.1 Å². The minimum Gasteiger partial charge on any atom is -0.493 e. The number of alkyl halides is 3. The molecule has 6 nitrogen and oxygen atoms in total. The topological polar surface area (TPSA) is 75.3 Å². The molecule has 0 aliphatic carbocycles. The lowest BCUT2D eigenvalue weighted by molar-refractivity contribution is -0.140. The number of benzene rings is 1. The molecule has 144 valence electrons. The highest BCUT2D eigenvalue weighted by atomic mass is 19.4. The van der Waals surface area contributed by atoms with Crippen molar-refractivity contribution in [3.8, 4) is 5.88 Å². The maximum atomic E-state index is 14.1. The van der Waals surface area contributed by atoms with Crippen LogP contribution in [0.25, 0.3) is 5.78 Å². The highest BCUT2D eigenvalue weighted by molar-refractivity contribution is 5.49. The first-order valence-corrected chi connectivity index (χ1v) is 8.00. The van der Waals surface area contributed by atoms with Gasteiger partial charge in [-0.25, -0.2) is 4.39 Å². The Hall–Kier alpha value is -2.91. The van der Waals surface area contributed by atoms with E-state index >= 15 is 0 Å². The Kier molecular flexibility index (Phi) is 4.44. The Morgan fingerprint density at radius 3 is 2.44 bits per heavy atom. The van der Waals surface area contributed by atoms with Gasteiger partial charge in [-0.1, -0.05) is 26.8 Å². The number of hydrogen-bond donors (Lipinski definition) is 2. The third kappa shape index (κ3) is 3.79. The molecule has 0 amide bonds. The van der Waals surface area contributed by atoms with Crippen molar-refractivity contribution in [1.82, 2.24) is 19.6 Å². The molecule has 0 fully saturated rings. The van der Waals surface area contributed by atoms with Crippen molar-refractivity contribution in [2.24, 2.45) is 5.41 Å². The first-order chi connectivity index (χ1) is 12.5. The Morgan fingerprint density at radius 2 is 1.85 bits per heavy atom. The minimum atomic E-state index is -4.77. The van der Waals surface area contributed by atoms with E-state index in [1.54, 1.807) is 0 Å². The van der Waals surface area contributed by atoms with Gasteiger partial charge >= 0.3 is 6.18 Å². The predicted molar refractivity (Wildman–Crippen MR) is 89.7 cm³/mol. The Morgan fingerprint density at radius 1 is 1.15 bits per heavy atom. The zero-order chi connectivity index (χ0) is 20.0. The van der Waals surface area contributed by atoms with Crippen molar-refractivity contribution in [3.05, 3.63) is 47.5 Å². The van der Waals surface area contributed by atoms with Gasteiger partial charge in [-0.15, -0.1) is 0 Å². The van der Waals surface area contributed by atoms with Crippen LogP contribution in [0.15, 0.2) is 30.6 Å². The molecular formula is C17H17F4N5O. The maximum Gasteiger partial charge on any atom is 0.419 e. The van der Waals surface area contributed by atoms with Crippen molar-refractivity contribution in [3.63, 3.8) is 0 Å². The lowest BCUT2D eigenvalue weighted by atomic mass is 9.82. The van der Waals surface area contributed by atoms with E-state index in [2.05, 4.69) is 20.4 Å². The van der Waals surface area contributed by atoms with Gasteiger partial charge < -0.3 is 10.4 Å². The molecule has 0 saturated heterocycles. The molecule has 3 rings (SSSR count). The predicted octanol–water partition coefficient (Wildman–Crippen LogP) is 4.19. The normalized spacial score (nSPS) is 13.7. The summed E-state index contributed by atoms with van der Waals surface area (Å²) < 4.78 is 53.9. The van der Waals surface area contributed by atoms with E-state index in [0.29, 0.717) is 11.4 Å². The number of aromatic nitrogens is 4. The molecule has 0 bridgehead atoms. The van der Waals surface area contributed by atoms with E-state index < -0.39 is 29.0 Å². The smallest absolute Gasteiger partial charge is 0.419 e. The van der Waals surface area contributed by atoms with Crippen LogP contribution in [0, 0.1) is 11.2 Å². The van der Waals surface area contributed by atoms with Crippen LogP contribution >= 0.6 is 0 Å². The average Bonchev–Trinajstić information content (AvgIpc) is 2.98. The van der Waals surface area contributed by atoms with E-state index in [4.69, 9.17) is 0 Å². The van der Waals surface area contributed by atoms with Crippen molar-refractivity contribution < 1.29 is 22.7 Å². The number of nitrogens with one attached hydrogen (secondary N) is 1. The van der Waals surface area contributed by atoms with Gasteiger partial charge in [0.2, 0.25) is 5.88 Å². The summed E-state index contributed by atoms with van der Waals surface area (Å²) in [5.41, 5.74) is -1.52. The van der Waals surface area contributed by atoms with Crippen LogP contribution in [-0.2, 0) is 6.18 Å². The number of rotatable bonds is 3. The summed E-state index contributed by atoms with van der Waals surface area (Å²) in [5, 5.41) is 16.9. The SMILES string of the molecule is CC(C)(C)[C@@H](Nc1cc(O)nc2ncnn12)c1ccc(C(F)(F)F)c(F)c1. The van der Waals surface area contributed by atoms with Gasteiger partial charge in [0.1, 0.15) is 18.0 Å². The molecular weight excluding hydrogens is 366 g/mol. The molecule has 2 N–H and O–H groups in total. The highest BCUT2D eigenvalue weighted by Crippen LogP contribution is 2.38. The zero-order valence-electron chi connectivity index (χ0n) is 14.7. The molecule has 1 aromatic carbocycles. The van der Waals surface area contributed by atoms with Crippen LogP contribution < -0.4 is 5.32 Å². The van der Waals surface area contributed by atoms with Crippen LogP contribution in [0.5, 0.6) is 5.88 Å². The molecule has 0 saturated carbocycles. The first kappa shape index (κ1) is 18.9. The molecule has 2 heterocycles. The van der Waals surface area contributed by atoms with Crippen LogP contribution in [0.3, 0.4) is 0 Å². The summed E-state index contributed by atoms with van der Waals surface area (Å²) in [6.45, 7) is 5.54. The lowest BCUT2D eigenvalue weighted by Gasteiger charge is -2.33. The van der Waals surface area contributed by atoms with Crippen LogP contribution in [0.4, 0.5) is 23.4 Å². The van der Waals surface area contributed by atoms with Crippen LogP contribution in [-0.4, -0.2) is 24.7 Å². The number of halogens is 4. The molecule has 0 unspecified atom stereocenters. The van der Waals surface area contributed by atoms with Gasteiger partial charge in [-0.2, -0.15) is 32.8 Å². The van der Waals surface area contributed by atoms with Crippen molar-refractivity contribution in [2.45, 2.75) is 33.0 Å². The van der Waals surface area contributed by atoms with Gasteiger partial charge in [0.15, 0.2) is 0 Å². The van der Waals surface area contributed by atoms with Crippen molar-refractivity contribution in [2.75, 3.05) is 5.32 Å². The third-order valence-corrected chi connectivity index (χ3v) is 4.03. The fourth-order valence-electron chi connectivity index (χ4n) is 2.79. The van der Waals surface area contributed by atoms with E-state index in [1.807, 2.05) is 20.8 Å².